The lowest BCUT2D eigenvalue weighted by Crippen LogP contribution is -2.13. The zero-order chi connectivity index (χ0) is 14.8. The molecule has 2 rings (SSSR count). The predicted molar refractivity (Wildman–Crippen MR) is 80.6 cm³/mol. The molecular weight excluding hydrogens is 251 g/mol. The molecule has 0 saturated heterocycles. The maximum atomic E-state index is 13.1. The lowest BCUT2D eigenvalue weighted by Gasteiger charge is -2.22. The first-order valence-corrected chi connectivity index (χ1v) is 6.85. The van der Waals surface area contributed by atoms with E-state index in [2.05, 4.69) is 26.8 Å². The summed E-state index contributed by atoms with van der Waals surface area (Å²) in [7, 11) is 0. The highest BCUT2D eigenvalue weighted by Crippen LogP contribution is 2.31. The van der Waals surface area contributed by atoms with E-state index in [9.17, 15) is 4.39 Å². The Kier molecular flexibility index (Phi) is 4.12. The van der Waals surface area contributed by atoms with Crippen molar-refractivity contribution in [2.24, 2.45) is 0 Å². The molecule has 2 heteroatoms. The van der Waals surface area contributed by atoms with Gasteiger partial charge in [-0.2, -0.15) is 0 Å². The molecule has 0 aliphatic heterocycles. The minimum absolute atomic E-state index is 0.0361. The standard InChI is InChI=1S/C18H21FO/c1-13-11-15(19)10-9-14(13)12-20-17-8-6-5-7-16(17)18(2,3)4/h5-11H,12H2,1-4H3. The number of hydrogen-bond donors (Lipinski definition) is 0. The van der Waals surface area contributed by atoms with Gasteiger partial charge in [-0.05, 0) is 47.2 Å². The van der Waals surface area contributed by atoms with Crippen LogP contribution in [0, 0.1) is 12.7 Å². The van der Waals surface area contributed by atoms with Crippen molar-refractivity contribution in [3.8, 4) is 5.75 Å². The number of hydrogen-bond acceptors (Lipinski definition) is 1. The molecule has 0 N–H and O–H groups in total. The van der Waals surface area contributed by atoms with Gasteiger partial charge in [0, 0.05) is 0 Å². The number of benzene rings is 2. The molecule has 20 heavy (non-hydrogen) atoms. The van der Waals surface area contributed by atoms with Crippen molar-refractivity contribution in [1.29, 1.82) is 0 Å². The largest absolute Gasteiger partial charge is 0.489 e. The lowest BCUT2D eigenvalue weighted by molar-refractivity contribution is 0.296. The molecule has 0 heterocycles. The molecule has 0 bridgehead atoms. The normalized spacial score (nSPS) is 11.4. The molecule has 0 spiro atoms. The fourth-order valence-corrected chi connectivity index (χ4v) is 2.19. The number of aryl methyl sites for hydroxylation is 1. The summed E-state index contributed by atoms with van der Waals surface area (Å²) in [6.07, 6.45) is 0. The molecule has 0 aliphatic carbocycles. The van der Waals surface area contributed by atoms with Crippen molar-refractivity contribution in [2.45, 2.75) is 39.7 Å². The van der Waals surface area contributed by atoms with Gasteiger partial charge in [-0.25, -0.2) is 4.39 Å². The first kappa shape index (κ1) is 14.6. The third-order valence-electron chi connectivity index (χ3n) is 3.38. The highest BCUT2D eigenvalue weighted by molar-refractivity contribution is 5.38. The highest BCUT2D eigenvalue weighted by Gasteiger charge is 2.18. The van der Waals surface area contributed by atoms with Crippen LogP contribution < -0.4 is 4.74 Å². The Balaban J connectivity index is 2.19. The summed E-state index contributed by atoms with van der Waals surface area (Å²) in [6, 6.07) is 12.9. The van der Waals surface area contributed by atoms with Crippen molar-refractivity contribution in [3.63, 3.8) is 0 Å². The van der Waals surface area contributed by atoms with Crippen molar-refractivity contribution >= 4 is 0 Å². The van der Waals surface area contributed by atoms with Gasteiger partial charge in [0.1, 0.15) is 18.2 Å². The first-order chi connectivity index (χ1) is 9.38. The van der Waals surface area contributed by atoms with Crippen molar-refractivity contribution < 1.29 is 9.13 Å². The van der Waals surface area contributed by atoms with Crippen LogP contribution in [0.15, 0.2) is 42.5 Å². The molecule has 2 aromatic rings. The SMILES string of the molecule is Cc1cc(F)ccc1COc1ccccc1C(C)(C)C. The van der Waals surface area contributed by atoms with Gasteiger partial charge in [0.15, 0.2) is 0 Å². The van der Waals surface area contributed by atoms with Crippen molar-refractivity contribution in [3.05, 3.63) is 65.0 Å². The minimum Gasteiger partial charge on any atom is -0.489 e. The van der Waals surface area contributed by atoms with E-state index >= 15 is 0 Å². The monoisotopic (exact) mass is 272 g/mol. The molecule has 0 aliphatic rings. The predicted octanol–water partition coefficient (Wildman–Crippen LogP) is 5.01. The quantitative estimate of drug-likeness (QED) is 0.763. The van der Waals surface area contributed by atoms with Gasteiger partial charge in [0.05, 0.1) is 0 Å². The summed E-state index contributed by atoms with van der Waals surface area (Å²) >= 11 is 0. The number of rotatable bonds is 3. The second kappa shape index (κ2) is 5.66. The summed E-state index contributed by atoms with van der Waals surface area (Å²) in [4.78, 5) is 0. The molecule has 1 nitrogen and oxygen atoms in total. The van der Waals surface area contributed by atoms with Crippen LogP contribution in [0.3, 0.4) is 0 Å². The van der Waals surface area contributed by atoms with Crippen LogP contribution in [0.2, 0.25) is 0 Å². The van der Waals surface area contributed by atoms with E-state index in [1.807, 2.05) is 25.1 Å². The van der Waals surface area contributed by atoms with Crippen LogP contribution in [-0.2, 0) is 12.0 Å². The topological polar surface area (TPSA) is 9.23 Å². The average Bonchev–Trinajstić information content (AvgIpc) is 2.37. The molecule has 0 unspecified atom stereocenters. The smallest absolute Gasteiger partial charge is 0.123 e. The lowest BCUT2D eigenvalue weighted by atomic mass is 9.86. The maximum absolute atomic E-state index is 13.1. The Morgan fingerprint density at radius 1 is 1.05 bits per heavy atom. The Morgan fingerprint density at radius 3 is 2.40 bits per heavy atom. The Labute approximate surface area is 120 Å². The Hall–Kier alpha value is -1.83. The zero-order valence-electron chi connectivity index (χ0n) is 12.5. The van der Waals surface area contributed by atoms with E-state index < -0.39 is 0 Å². The van der Waals surface area contributed by atoms with Gasteiger partial charge in [-0.1, -0.05) is 45.0 Å². The fraction of sp³-hybridized carbons (Fsp3) is 0.333. The van der Waals surface area contributed by atoms with Crippen LogP contribution in [-0.4, -0.2) is 0 Å². The van der Waals surface area contributed by atoms with Crippen LogP contribution >= 0.6 is 0 Å². The van der Waals surface area contributed by atoms with Gasteiger partial charge in [-0.3, -0.25) is 0 Å². The summed E-state index contributed by atoms with van der Waals surface area (Å²) in [5.74, 6) is 0.685. The Morgan fingerprint density at radius 2 is 1.75 bits per heavy atom. The second-order valence-electron chi connectivity index (χ2n) is 6.11. The summed E-state index contributed by atoms with van der Waals surface area (Å²) in [6.45, 7) is 8.85. The molecule has 0 aromatic heterocycles. The Bertz CT molecular complexity index is 597. The third-order valence-corrected chi connectivity index (χ3v) is 3.38. The fourth-order valence-electron chi connectivity index (χ4n) is 2.19. The molecule has 0 saturated carbocycles. The molecular formula is C18H21FO. The molecule has 2 aromatic carbocycles. The van der Waals surface area contributed by atoms with Crippen LogP contribution in [0.5, 0.6) is 5.75 Å². The van der Waals surface area contributed by atoms with Gasteiger partial charge in [0.2, 0.25) is 0 Å². The highest BCUT2D eigenvalue weighted by atomic mass is 19.1. The van der Waals surface area contributed by atoms with Gasteiger partial charge in [0.25, 0.3) is 0 Å². The second-order valence-corrected chi connectivity index (χ2v) is 6.11. The van der Waals surface area contributed by atoms with Crippen molar-refractivity contribution in [1.82, 2.24) is 0 Å². The molecule has 0 amide bonds. The van der Waals surface area contributed by atoms with E-state index in [1.165, 1.54) is 17.7 Å². The number of para-hydroxylation sites is 1. The molecule has 0 atom stereocenters. The van der Waals surface area contributed by atoms with Crippen molar-refractivity contribution in [2.75, 3.05) is 0 Å². The van der Waals surface area contributed by atoms with Gasteiger partial charge >= 0.3 is 0 Å². The third kappa shape index (κ3) is 3.38. The van der Waals surface area contributed by atoms with E-state index in [-0.39, 0.29) is 11.2 Å². The first-order valence-electron chi connectivity index (χ1n) is 6.85. The maximum Gasteiger partial charge on any atom is 0.123 e. The van der Waals surface area contributed by atoms with Gasteiger partial charge in [-0.15, -0.1) is 0 Å². The van der Waals surface area contributed by atoms with Gasteiger partial charge < -0.3 is 4.74 Å². The minimum atomic E-state index is -0.207. The number of halogens is 1. The van der Waals surface area contributed by atoms with E-state index in [1.54, 1.807) is 6.07 Å². The average molecular weight is 272 g/mol. The van der Waals surface area contributed by atoms with Crippen LogP contribution in [0.25, 0.3) is 0 Å². The van der Waals surface area contributed by atoms with E-state index in [0.717, 1.165) is 16.9 Å². The van der Waals surface area contributed by atoms with Crippen LogP contribution in [0.1, 0.15) is 37.5 Å². The molecule has 0 fully saturated rings. The molecule has 0 radical (unpaired) electrons. The summed E-state index contributed by atoms with van der Waals surface area (Å²) in [5.41, 5.74) is 3.14. The van der Waals surface area contributed by atoms with E-state index in [0.29, 0.717) is 6.61 Å². The summed E-state index contributed by atoms with van der Waals surface area (Å²) in [5, 5.41) is 0. The van der Waals surface area contributed by atoms with E-state index in [4.69, 9.17) is 4.74 Å². The van der Waals surface area contributed by atoms with Crippen LogP contribution in [0.4, 0.5) is 4.39 Å². The summed E-state index contributed by atoms with van der Waals surface area (Å²) < 4.78 is 19.0. The molecule has 106 valence electrons. The zero-order valence-corrected chi connectivity index (χ0v) is 12.5. The number of ether oxygens (including phenoxy) is 1.